The monoisotopic (exact) mass is 295 g/mol. The van der Waals surface area contributed by atoms with E-state index in [4.69, 9.17) is 15.2 Å². The number of aromatic nitrogens is 1. The third-order valence-electron chi connectivity index (χ3n) is 3.39. The third kappa shape index (κ3) is 4.22. The van der Waals surface area contributed by atoms with Gasteiger partial charge in [-0.05, 0) is 25.8 Å². The Kier molecular flexibility index (Phi) is 5.21. The summed E-state index contributed by atoms with van der Waals surface area (Å²) in [7, 11) is 0. The summed E-state index contributed by atoms with van der Waals surface area (Å²) >= 11 is 0. The summed E-state index contributed by atoms with van der Waals surface area (Å²) in [5.74, 6) is -0.839. The molecule has 1 fully saturated rings. The molecule has 0 radical (unpaired) electrons. The number of aryl methyl sites for hydroxylation is 1. The van der Waals surface area contributed by atoms with E-state index >= 15 is 0 Å². The highest BCUT2D eigenvalue weighted by Crippen LogP contribution is 2.12. The van der Waals surface area contributed by atoms with Crippen molar-refractivity contribution in [3.05, 3.63) is 18.0 Å². The summed E-state index contributed by atoms with van der Waals surface area (Å²) in [6, 6.07) is 1.64. The predicted molar refractivity (Wildman–Crippen MR) is 76.8 cm³/mol. The topological polar surface area (TPSA) is 95.6 Å². The second-order valence-corrected chi connectivity index (χ2v) is 4.97. The summed E-state index contributed by atoms with van der Waals surface area (Å²) in [5.41, 5.74) is 6.50. The van der Waals surface area contributed by atoms with Crippen LogP contribution in [-0.4, -0.2) is 42.3 Å². The lowest BCUT2D eigenvalue weighted by Gasteiger charge is -2.22. The number of nitrogen functional groups attached to an aromatic ring is 1. The van der Waals surface area contributed by atoms with Crippen LogP contribution in [0.4, 0.5) is 5.69 Å². The van der Waals surface area contributed by atoms with Gasteiger partial charge >= 0.3 is 5.97 Å². The summed E-state index contributed by atoms with van der Waals surface area (Å²) in [5, 5.41) is 2.83. The average molecular weight is 295 g/mol. The Labute approximate surface area is 123 Å². The Bertz CT molecular complexity index is 506. The van der Waals surface area contributed by atoms with E-state index in [2.05, 4.69) is 5.32 Å². The van der Waals surface area contributed by atoms with Crippen LogP contribution in [0, 0.1) is 0 Å². The van der Waals surface area contributed by atoms with Crippen molar-refractivity contribution in [2.45, 2.75) is 32.4 Å². The molecule has 0 bridgehead atoms. The zero-order chi connectivity index (χ0) is 15.2. The molecule has 1 aromatic heterocycles. The molecule has 116 valence electrons. The van der Waals surface area contributed by atoms with E-state index in [9.17, 15) is 9.59 Å². The number of nitrogens with one attached hydrogen (secondary N) is 1. The maximum Gasteiger partial charge on any atom is 0.355 e. The lowest BCUT2D eigenvalue weighted by atomic mass is 10.1. The fourth-order valence-electron chi connectivity index (χ4n) is 2.28. The normalized spacial score (nSPS) is 15.7. The van der Waals surface area contributed by atoms with Crippen LogP contribution in [0.15, 0.2) is 12.3 Å². The van der Waals surface area contributed by atoms with Gasteiger partial charge in [-0.25, -0.2) is 4.79 Å². The number of rotatable bonds is 5. The number of ether oxygens (including phenoxy) is 2. The molecular formula is C14H21N3O4. The van der Waals surface area contributed by atoms with Crippen LogP contribution >= 0.6 is 0 Å². The van der Waals surface area contributed by atoms with Crippen molar-refractivity contribution in [2.24, 2.45) is 0 Å². The highest BCUT2D eigenvalue weighted by atomic mass is 16.5. The molecule has 0 unspecified atom stereocenters. The molecular weight excluding hydrogens is 274 g/mol. The Morgan fingerprint density at radius 2 is 2.19 bits per heavy atom. The minimum absolute atomic E-state index is 0.0973. The maximum absolute atomic E-state index is 11.9. The third-order valence-corrected chi connectivity index (χ3v) is 3.39. The molecule has 3 N–H and O–H groups in total. The molecule has 2 rings (SSSR count). The summed E-state index contributed by atoms with van der Waals surface area (Å²) in [6.45, 7) is 3.51. The van der Waals surface area contributed by atoms with Crippen molar-refractivity contribution in [3.63, 3.8) is 0 Å². The second kappa shape index (κ2) is 7.12. The van der Waals surface area contributed by atoms with Crippen molar-refractivity contribution in [3.8, 4) is 0 Å². The fourth-order valence-corrected chi connectivity index (χ4v) is 2.28. The number of nitrogens with zero attached hydrogens (tertiary/aromatic N) is 1. The number of hydrogen-bond donors (Lipinski definition) is 2. The first kappa shape index (κ1) is 15.4. The Morgan fingerprint density at radius 1 is 1.48 bits per heavy atom. The van der Waals surface area contributed by atoms with E-state index in [0.29, 0.717) is 31.1 Å². The first-order valence-corrected chi connectivity index (χ1v) is 7.10. The molecule has 1 saturated heterocycles. The summed E-state index contributed by atoms with van der Waals surface area (Å²) < 4.78 is 11.9. The minimum Gasteiger partial charge on any atom is -0.451 e. The number of amides is 1. The van der Waals surface area contributed by atoms with Crippen LogP contribution in [0.25, 0.3) is 0 Å². The van der Waals surface area contributed by atoms with Crippen LogP contribution in [0.5, 0.6) is 0 Å². The van der Waals surface area contributed by atoms with Gasteiger partial charge in [-0.1, -0.05) is 0 Å². The number of esters is 1. The molecule has 7 nitrogen and oxygen atoms in total. The van der Waals surface area contributed by atoms with Gasteiger partial charge < -0.3 is 25.1 Å². The van der Waals surface area contributed by atoms with Gasteiger partial charge in [0.15, 0.2) is 6.61 Å². The molecule has 0 atom stereocenters. The molecule has 1 aromatic rings. The number of anilines is 1. The van der Waals surface area contributed by atoms with Gasteiger partial charge in [0, 0.05) is 32.0 Å². The number of carbonyl (C=O) groups excluding carboxylic acids is 2. The molecule has 0 aliphatic carbocycles. The van der Waals surface area contributed by atoms with Crippen LogP contribution in [0.2, 0.25) is 0 Å². The smallest absolute Gasteiger partial charge is 0.355 e. The van der Waals surface area contributed by atoms with Gasteiger partial charge in [0.05, 0.1) is 5.69 Å². The van der Waals surface area contributed by atoms with Gasteiger partial charge in [0.25, 0.3) is 5.91 Å². The predicted octanol–water partition coefficient (Wildman–Crippen LogP) is 0.542. The number of carbonyl (C=O) groups is 2. The minimum atomic E-state index is -0.546. The van der Waals surface area contributed by atoms with Crippen molar-refractivity contribution in [2.75, 3.05) is 25.6 Å². The van der Waals surface area contributed by atoms with Gasteiger partial charge in [0.1, 0.15) is 5.69 Å². The molecule has 1 aliphatic rings. The standard InChI is InChI=1S/C14H21N3O4/c1-2-17-8-10(15)7-12(17)14(19)21-9-13(18)16-11-3-5-20-6-4-11/h7-8,11H,2-6,9,15H2,1H3,(H,16,18). The number of nitrogens with two attached hydrogens (primary N) is 1. The summed E-state index contributed by atoms with van der Waals surface area (Å²) in [4.78, 5) is 23.7. The Hall–Kier alpha value is -2.02. The molecule has 0 spiro atoms. The largest absolute Gasteiger partial charge is 0.451 e. The molecule has 21 heavy (non-hydrogen) atoms. The zero-order valence-corrected chi connectivity index (χ0v) is 12.1. The van der Waals surface area contributed by atoms with E-state index in [1.807, 2.05) is 6.92 Å². The number of hydrogen-bond acceptors (Lipinski definition) is 5. The quantitative estimate of drug-likeness (QED) is 0.773. The fraction of sp³-hybridized carbons (Fsp3) is 0.571. The lowest BCUT2D eigenvalue weighted by Crippen LogP contribution is -2.41. The van der Waals surface area contributed by atoms with E-state index in [1.54, 1.807) is 16.8 Å². The van der Waals surface area contributed by atoms with Crippen molar-refractivity contribution >= 4 is 17.6 Å². The summed E-state index contributed by atoms with van der Waals surface area (Å²) in [6.07, 6.45) is 3.24. The van der Waals surface area contributed by atoms with Crippen LogP contribution in [0.3, 0.4) is 0 Å². The van der Waals surface area contributed by atoms with Crippen LogP contribution in [-0.2, 0) is 20.8 Å². The lowest BCUT2D eigenvalue weighted by molar-refractivity contribution is -0.125. The molecule has 7 heteroatoms. The van der Waals surface area contributed by atoms with E-state index in [0.717, 1.165) is 12.8 Å². The van der Waals surface area contributed by atoms with Crippen molar-refractivity contribution < 1.29 is 19.1 Å². The molecule has 2 heterocycles. The molecule has 0 aromatic carbocycles. The zero-order valence-electron chi connectivity index (χ0n) is 12.1. The van der Waals surface area contributed by atoms with Gasteiger partial charge in [-0.3, -0.25) is 4.79 Å². The van der Waals surface area contributed by atoms with Gasteiger partial charge in [-0.15, -0.1) is 0 Å². The first-order valence-electron chi connectivity index (χ1n) is 7.10. The van der Waals surface area contributed by atoms with Crippen molar-refractivity contribution in [1.29, 1.82) is 0 Å². The van der Waals surface area contributed by atoms with E-state index in [-0.39, 0.29) is 18.6 Å². The Balaban J connectivity index is 1.81. The maximum atomic E-state index is 11.9. The highest BCUT2D eigenvalue weighted by Gasteiger charge is 2.18. The first-order chi connectivity index (χ1) is 10.1. The van der Waals surface area contributed by atoms with Crippen molar-refractivity contribution in [1.82, 2.24) is 9.88 Å². The second-order valence-electron chi connectivity index (χ2n) is 4.97. The average Bonchev–Trinajstić information content (AvgIpc) is 2.87. The molecule has 1 aliphatic heterocycles. The van der Waals surface area contributed by atoms with Crippen LogP contribution < -0.4 is 11.1 Å². The Morgan fingerprint density at radius 3 is 2.86 bits per heavy atom. The van der Waals surface area contributed by atoms with Crippen LogP contribution in [0.1, 0.15) is 30.3 Å². The van der Waals surface area contributed by atoms with E-state index < -0.39 is 5.97 Å². The SMILES string of the molecule is CCn1cc(N)cc1C(=O)OCC(=O)NC1CCOCC1. The van der Waals surface area contributed by atoms with Gasteiger partial charge in [0.2, 0.25) is 0 Å². The highest BCUT2D eigenvalue weighted by molar-refractivity contribution is 5.91. The van der Waals surface area contributed by atoms with E-state index in [1.165, 1.54) is 0 Å². The van der Waals surface area contributed by atoms with Gasteiger partial charge in [-0.2, -0.15) is 0 Å². The molecule has 1 amide bonds. The molecule has 0 saturated carbocycles.